The van der Waals surface area contributed by atoms with Crippen molar-refractivity contribution in [3.05, 3.63) is 35.4 Å². The Labute approximate surface area is 123 Å². The van der Waals surface area contributed by atoms with Crippen molar-refractivity contribution in [2.45, 2.75) is 57.5 Å². The smallest absolute Gasteiger partial charge is 0.0180 e. The molecule has 1 aromatic rings. The Morgan fingerprint density at radius 1 is 1.00 bits per heavy atom. The highest BCUT2D eigenvalue weighted by Crippen LogP contribution is 2.35. The summed E-state index contributed by atoms with van der Waals surface area (Å²) in [6, 6.07) is 9.55. The summed E-state index contributed by atoms with van der Waals surface area (Å²) in [6.07, 6.45) is 9.87. The Kier molecular flexibility index (Phi) is 4.74. The zero-order valence-electron chi connectivity index (χ0n) is 12.6. The molecule has 1 saturated carbocycles. The van der Waals surface area contributed by atoms with E-state index in [4.69, 9.17) is 5.73 Å². The lowest BCUT2D eigenvalue weighted by molar-refractivity contribution is 0.192. The molecule has 1 unspecified atom stereocenters. The fraction of sp³-hybridized carbons (Fsp3) is 0.667. The molecule has 3 rings (SSSR count). The van der Waals surface area contributed by atoms with Gasteiger partial charge >= 0.3 is 0 Å². The van der Waals surface area contributed by atoms with Gasteiger partial charge in [0.2, 0.25) is 0 Å². The predicted molar refractivity (Wildman–Crippen MR) is 84.6 cm³/mol. The first-order chi connectivity index (χ1) is 9.88. The van der Waals surface area contributed by atoms with Crippen molar-refractivity contribution in [1.82, 2.24) is 4.90 Å². The third-order valence-corrected chi connectivity index (χ3v) is 5.36. The molecule has 1 aromatic carbocycles. The molecule has 2 nitrogen and oxygen atoms in total. The van der Waals surface area contributed by atoms with E-state index < -0.39 is 0 Å². The van der Waals surface area contributed by atoms with Gasteiger partial charge in [-0.05, 0) is 55.7 Å². The van der Waals surface area contributed by atoms with Crippen LogP contribution in [0.5, 0.6) is 0 Å². The summed E-state index contributed by atoms with van der Waals surface area (Å²) in [5.74, 6) is 0.988. The van der Waals surface area contributed by atoms with Crippen LogP contribution in [0.1, 0.15) is 49.7 Å². The number of nitrogens with two attached hydrogens (primary N) is 1. The molecular weight excluding hydrogens is 244 g/mol. The number of hydrogen-bond donors (Lipinski definition) is 1. The zero-order valence-corrected chi connectivity index (χ0v) is 12.6. The predicted octanol–water partition coefficient (Wildman–Crippen LogP) is 3.34. The van der Waals surface area contributed by atoms with Crippen molar-refractivity contribution in [2.24, 2.45) is 11.7 Å². The molecule has 0 aromatic heterocycles. The van der Waals surface area contributed by atoms with Gasteiger partial charge in [0.1, 0.15) is 0 Å². The molecule has 0 spiro atoms. The van der Waals surface area contributed by atoms with E-state index in [0.29, 0.717) is 6.54 Å². The summed E-state index contributed by atoms with van der Waals surface area (Å²) in [6.45, 7) is 3.20. The standard InChI is InChI=1S/C18H28N2/c19-14-17-9-4-1-6-15(17)11-13-20-12-5-10-18(20)16-7-2-3-8-16/h1,4,6,9,16,18H,2-3,5,7-8,10-14,19H2. The van der Waals surface area contributed by atoms with Crippen LogP contribution in [0, 0.1) is 5.92 Å². The topological polar surface area (TPSA) is 29.3 Å². The molecule has 110 valence electrons. The van der Waals surface area contributed by atoms with Crippen molar-refractivity contribution in [1.29, 1.82) is 0 Å². The summed E-state index contributed by atoms with van der Waals surface area (Å²) in [7, 11) is 0. The minimum absolute atomic E-state index is 0.669. The normalized spacial score (nSPS) is 24.6. The average molecular weight is 272 g/mol. The molecule has 2 heteroatoms. The lowest BCUT2D eigenvalue weighted by Crippen LogP contribution is -2.36. The van der Waals surface area contributed by atoms with Crippen molar-refractivity contribution in [3.63, 3.8) is 0 Å². The summed E-state index contributed by atoms with van der Waals surface area (Å²) >= 11 is 0. The van der Waals surface area contributed by atoms with E-state index in [-0.39, 0.29) is 0 Å². The number of benzene rings is 1. The van der Waals surface area contributed by atoms with Crippen LogP contribution >= 0.6 is 0 Å². The maximum atomic E-state index is 5.85. The second-order valence-electron chi connectivity index (χ2n) is 6.51. The van der Waals surface area contributed by atoms with Crippen molar-refractivity contribution < 1.29 is 0 Å². The Balaban J connectivity index is 1.59. The number of rotatable bonds is 5. The fourth-order valence-corrected chi connectivity index (χ4v) is 4.27. The molecule has 1 aliphatic heterocycles. The van der Waals surface area contributed by atoms with Gasteiger partial charge in [-0.25, -0.2) is 0 Å². The Morgan fingerprint density at radius 2 is 1.75 bits per heavy atom. The molecule has 1 atom stereocenters. The highest BCUT2D eigenvalue weighted by Gasteiger charge is 2.32. The van der Waals surface area contributed by atoms with E-state index >= 15 is 0 Å². The first-order valence-corrected chi connectivity index (χ1v) is 8.39. The first-order valence-electron chi connectivity index (χ1n) is 8.39. The van der Waals surface area contributed by atoms with Gasteiger partial charge in [0, 0.05) is 19.1 Å². The van der Waals surface area contributed by atoms with Gasteiger partial charge in [0.05, 0.1) is 0 Å². The van der Waals surface area contributed by atoms with Gasteiger partial charge in [-0.2, -0.15) is 0 Å². The van der Waals surface area contributed by atoms with Crippen molar-refractivity contribution in [3.8, 4) is 0 Å². The van der Waals surface area contributed by atoms with E-state index in [9.17, 15) is 0 Å². The molecule has 2 fully saturated rings. The third kappa shape index (κ3) is 3.07. The monoisotopic (exact) mass is 272 g/mol. The zero-order chi connectivity index (χ0) is 13.8. The van der Waals surface area contributed by atoms with Crippen molar-refractivity contribution in [2.75, 3.05) is 13.1 Å². The van der Waals surface area contributed by atoms with Gasteiger partial charge < -0.3 is 5.73 Å². The molecule has 0 radical (unpaired) electrons. The summed E-state index contributed by atoms with van der Waals surface area (Å²) in [5, 5.41) is 0. The number of hydrogen-bond acceptors (Lipinski definition) is 2. The largest absolute Gasteiger partial charge is 0.326 e. The Hall–Kier alpha value is -0.860. The van der Waals surface area contributed by atoms with Crippen LogP contribution in [-0.4, -0.2) is 24.0 Å². The molecular formula is C18H28N2. The van der Waals surface area contributed by atoms with Gasteiger partial charge in [-0.1, -0.05) is 37.1 Å². The van der Waals surface area contributed by atoms with Crippen molar-refractivity contribution >= 4 is 0 Å². The summed E-state index contributed by atoms with van der Waals surface area (Å²) in [5.41, 5.74) is 8.62. The van der Waals surface area contributed by atoms with E-state index in [1.165, 1.54) is 62.7 Å². The SMILES string of the molecule is NCc1ccccc1CCN1CCCC1C1CCCC1. The van der Waals surface area contributed by atoms with E-state index in [0.717, 1.165) is 18.4 Å². The van der Waals surface area contributed by atoms with Crippen LogP contribution in [-0.2, 0) is 13.0 Å². The highest BCUT2D eigenvalue weighted by molar-refractivity contribution is 5.27. The van der Waals surface area contributed by atoms with E-state index in [2.05, 4.69) is 29.2 Å². The van der Waals surface area contributed by atoms with E-state index in [1.54, 1.807) is 0 Å². The Morgan fingerprint density at radius 3 is 2.50 bits per heavy atom. The molecule has 1 aliphatic carbocycles. The van der Waals surface area contributed by atoms with E-state index in [1.807, 2.05) is 0 Å². The minimum atomic E-state index is 0.669. The maximum absolute atomic E-state index is 5.85. The van der Waals surface area contributed by atoms with Crippen LogP contribution in [0.2, 0.25) is 0 Å². The third-order valence-electron chi connectivity index (χ3n) is 5.36. The average Bonchev–Trinajstić information content (AvgIpc) is 3.15. The molecule has 20 heavy (non-hydrogen) atoms. The van der Waals surface area contributed by atoms with Gasteiger partial charge in [-0.15, -0.1) is 0 Å². The summed E-state index contributed by atoms with van der Waals surface area (Å²) < 4.78 is 0. The number of nitrogens with zero attached hydrogens (tertiary/aromatic N) is 1. The quantitative estimate of drug-likeness (QED) is 0.890. The van der Waals surface area contributed by atoms with Crippen LogP contribution in [0.25, 0.3) is 0 Å². The number of likely N-dealkylation sites (tertiary alicyclic amines) is 1. The summed E-state index contributed by atoms with van der Waals surface area (Å²) in [4.78, 5) is 2.77. The molecule has 0 amide bonds. The second kappa shape index (κ2) is 6.73. The van der Waals surface area contributed by atoms with Crippen LogP contribution in [0.3, 0.4) is 0 Å². The van der Waals surface area contributed by atoms with Crippen LogP contribution in [0.15, 0.2) is 24.3 Å². The second-order valence-corrected chi connectivity index (χ2v) is 6.51. The highest BCUT2D eigenvalue weighted by atomic mass is 15.2. The van der Waals surface area contributed by atoms with Gasteiger partial charge in [0.25, 0.3) is 0 Å². The van der Waals surface area contributed by atoms with Crippen LogP contribution < -0.4 is 5.73 Å². The Bertz CT molecular complexity index is 423. The van der Waals surface area contributed by atoms with Gasteiger partial charge in [0.15, 0.2) is 0 Å². The molecule has 1 heterocycles. The lowest BCUT2D eigenvalue weighted by Gasteiger charge is -2.29. The first kappa shape index (κ1) is 14.1. The fourth-order valence-electron chi connectivity index (χ4n) is 4.27. The maximum Gasteiger partial charge on any atom is 0.0180 e. The van der Waals surface area contributed by atoms with Gasteiger partial charge in [-0.3, -0.25) is 4.90 Å². The minimum Gasteiger partial charge on any atom is -0.326 e. The van der Waals surface area contributed by atoms with Crippen LogP contribution in [0.4, 0.5) is 0 Å². The molecule has 2 aliphatic rings. The molecule has 1 saturated heterocycles. The molecule has 2 N–H and O–H groups in total. The molecule has 0 bridgehead atoms. The lowest BCUT2D eigenvalue weighted by atomic mass is 9.95.